The molecular formula is C9H6Cl2N2OS. The number of aromatic nitrogens is 2. The molecule has 0 unspecified atom stereocenters. The molecule has 0 saturated heterocycles. The van der Waals surface area contributed by atoms with E-state index >= 15 is 0 Å². The van der Waals surface area contributed by atoms with Crippen LogP contribution in [-0.4, -0.2) is 9.55 Å². The van der Waals surface area contributed by atoms with Gasteiger partial charge in [-0.2, -0.15) is 0 Å². The molecule has 0 spiro atoms. The maximum Gasteiger partial charge on any atom is 0.288 e. The Morgan fingerprint density at radius 1 is 1.40 bits per heavy atom. The van der Waals surface area contributed by atoms with Gasteiger partial charge in [-0.15, -0.1) is 11.3 Å². The molecular weight excluding hydrogens is 255 g/mol. The lowest BCUT2D eigenvalue weighted by molar-refractivity contribution is 0.854. The van der Waals surface area contributed by atoms with Crippen molar-refractivity contribution in [3.8, 4) is 10.6 Å². The number of hydrogen-bond donors (Lipinski definition) is 0. The maximum atomic E-state index is 11.6. The van der Waals surface area contributed by atoms with Crippen molar-refractivity contribution < 1.29 is 0 Å². The second-order valence-corrected chi connectivity index (χ2v) is 4.55. The van der Waals surface area contributed by atoms with Crippen molar-refractivity contribution in [1.82, 2.24) is 9.55 Å². The van der Waals surface area contributed by atoms with E-state index in [1.54, 1.807) is 7.05 Å². The molecule has 78 valence electrons. The third kappa shape index (κ3) is 1.80. The molecule has 0 bridgehead atoms. The largest absolute Gasteiger partial charge is 0.305 e. The smallest absolute Gasteiger partial charge is 0.288 e. The Kier molecular flexibility index (Phi) is 2.82. The van der Waals surface area contributed by atoms with E-state index in [0.717, 1.165) is 4.88 Å². The highest BCUT2D eigenvalue weighted by Gasteiger charge is 2.13. The van der Waals surface area contributed by atoms with Crippen molar-refractivity contribution in [2.75, 3.05) is 0 Å². The molecule has 2 heterocycles. The molecule has 0 saturated carbocycles. The molecule has 3 nitrogen and oxygen atoms in total. The van der Waals surface area contributed by atoms with E-state index in [4.69, 9.17) is 23.2 Å². The van der Waals surface area contributed by atoms with Gasteiger partial charge in [-0.1, -0.05) is 29.3 Å². The molecule has 15 heavy (non-hydrogen) atoms. The first-order valence-electron chi connectivity index (χ1n) is 4.07. The minimum absolute atomic E-state index is 0.109. The van der Waals surface area contributed by atoms with Crippen LogP contribution >= 0.6 is 34.5 Å². The Balaban J connectivity index is 2.78. The Morgan fingerprint density at radius 2 is 2.13 bits per heavy atom. The summed E-state index contributed by atoms with van der Waals surface area (Å²) in [7, 11) is 1.62. The molecule has 2 aromatic heterocycles. The number of rotatable bonds is 1. The first-order valence-corrected chi connectivity index (χ1v) is 5.70. The van der Waals surface area contributed by atoms with Crippen LogP contribution in [0.5, 0.6) is 0 Å². The van der Waals surface area contributed by atoms with Crippen LogP contribution < -0.4 is 5.56 Å². The van der Waals surface area contributed by atoms with Gasteiger partial charge in [0.05, 0.1) is 10.6 Å². The van der Waals surface area contributed by atoms with Crippen LogP contribution in [0.1, 0.15) is 0 Å². The summed E-state index contributed by atoms with van der Waals surface area (Å²) in [4.78, 5) is 16.2. The van der Waals surface area contributed by atoms with Crippen LogP contribution in [-0.2, 0) is 7.05 Å². The van der Waals surface area contributed by atoms with Crippen LogP contribution in [0, 0.1) is 0 Å². The molecule has 0 radical (unpaired) electrons. The summed E-state index contributed by atoms with van der Waals surface area (Å²) in [6.45, 7) is 0. The minimum atomic E-state index is -0.343. The standard InChI is InChI=1S/C9H6Cl2N2OS/c1-13-6(5-3-2-4-15-5)7(10)12-8(11)9(13)14/h2-4H,1H3. The van der Waals surface area contributed by atoms with Gasteiger partial charge in [-0.3, -0.25) is 4.79 Å². The van der Waals surface area contributed by atoms with Crippen molar-refractivity contribution in [1.29, 1.82) is 0 Å². The number of halogens is 2. The van der Waals surface area contributed by atoms with Crippen molar-refractivity contribution in [3.05, 3.63) is 38.2 Å². The predicted molar refractivity (Wildman–Crippen MR) is 62.8 cm³/mol. The predicted octanol–water partition coefficient (Wildman–Crippen LogP) is 2.82. The van der Waals surface area contributed by atoms with Gasteiger partial charge in [0.1, 0.15) is 0 Å². The fourth-order valence-electron chi connectivity index (χ4n) is 1.25. The monoisotopic (exact) mass is 260 g/mol. The van der Waals surface area contributed by atoms with E-state index in [2.05, 4.69) is 4.98 Å². The molecule has 0 fully saturated rings. The van der Waals surface area contributed by atoms with E-state index < -0.39 is 0 Å². The normalized spacial score (nSPS) is 10.6. The summed E-state index contributed by atoms with van der Waals surface area (Å²) >= 11 is 13.1. The Labute approximate surface area is 99.9 Å². The molecule has 0 amide bonds. The Morgan fingerprint density at radius 3 is 2.73 bits per heavy atom. The van der Waals surface area contributed by atoms with E-state index in [-0.39, 0.29) is 15.9 Å². The summed E-state index contributed by atoms with van der Waals surface area (Å²) in [6.07, 6.45) is 0. The van der Waals surface area contributed by atoms with Crippen molar-refractivity contribution >= 4 is 34.5 Å². The summed E-state index contributed by atoms with van der Waals surface area (Å²) in [6, 6.07) is 3.76. The second kappa shape index (κ2) is 3.96. The molecule has 0 aromatic carbocycles. The van der Waals surface area contributed by atoms with Gasteiger partial charge in [0.15, 0.2) is 10.3 Å². The topological polar surface area (TPSA) is 34.9 Å². The molecule has 6 heteroatoms. The van der Waals surface area contributed by atoms with E-state index in [1.165, 1.54) is 15.9 Å². The van der Waals surface area contributed by atoms with Crippen molar-refractivity contribution in [3.63, 3.8) is 0 Å². The first kappa shape index (κ1) is 10.7. The summed E-state index contributed by atoms with van der Waals surface area (Å²) < 4.78 is 1.41. The number of hydrogen-bond acceptors (Lipinski definition) is 3. The van der Waals surface area contributed by atoms with Gasteiger partial charge in [-0.25, -0.2) is 4.98 Å². The van der Waals surface area contributed by atoms with Crippen molar-refractivity contribution in [2.45, 2.75) is 0 Å². The van der Waals surface area contributed by atoms with Crippen LogP contribution in [0.15, 0.2) is 22.3 Å². The summed E-state index contributed by atoms with van der Waals surface area (Å²) in [5, 5.41) is 2.04. The lowest BCUT2D eigenvalue weighted by atomic mass is 10.3. The zero-order valence-electron chi connectivity index (χ0n) is 7.70. The molecule has 0 aliphatic carbocycles. The third-order valence-corrected chi connectivity index (χ3v) is 3.35. The molecule has 2 rings (SSSR count). The van der Waals surface area contributed by atoms with E-state index in [0.29, 0.717) is 5.69 Å². The number of thiophene rings is 1. The van der Waals surface area contributed by atoms with Crippen molar-refractivity contribution in [2.24, 2.45) is 7.05 Å². The van der Waals surface area contributed by atoms with E-state index in [1.807, 2.05) is 17.5 Å². The zero-order valence-corrected chi connectivity index (χ0v) is 10.0. The van der Waals surface area contributed by atoms with Gasteiger partial charge in [0.2, 0.25) is 0 Å². The SMILES string of the molecule is Cn1c(-c2cccs2)c(Cl)nc(Cl)c1=O. The van der Waals surface area contributed by atoms with Crippen LogP contribution in [0.25, 0.3) is 10.6 Å². The average molecular weight is 261 g/mol. The van der Waals surface area contributed by atoms with Crippen LogP contribution in [0.4, 0.5) is 0 Å². The Bertz CT molecular complexity index is 548. The maximum absolute atomic E-state index is 11.6. The lowest BCUT2D eigenvalue weighted by Crippen LogP contribution is -2.20. The first-order chi connectivity index (χ1) is 7.11. The lowest BCUT2D eigenvalue weighted by Gasteiger charge is -2.07. The van der Waals surface area contributed by atoms with Gasteiger partial charge in [0, 0.05) is 7.05 Å². The quantitative estimate of drug-likeness (QED) is 0.791. The molecule has 0 atom stereocenters. The fourth-order valence-corrected chi connectivity index (χ4v) is 2.68. The van der Waals surface area contributed by atoms with Crippen LogP contribution in [0.2, 0.25) is 10.3 Å². The number of nitrogens with zero attached hydrogens (tertiary/aromatic N) is 2. The highest BCUT2D eigenvalue weighted by Crippen LogP contribution is 2.29. The van der Waals surface area contributed by atoms with Gasteiger partial charge < -0.3 is 4.57 Å². The van der Waals surface area contributed by atoms with Gasteiger partial charge >= 0.3 is 0 Å². The second-order valence-electron chi connectivity index (χ2n) is 2.88. The fraction of sp³-hybridized carbons (Fsp3) is 0.111. The summed E-state index contributed by atoms with van der Waals surface area (Å²) in [5.41, 5.74) is 0.255. The third-order valence-electron chi connectivity index (χ3n) is 1.96. The Hall–Kier alpha value is -0.840. The highest BCUT2D eigenvalue weighted by atomic mass is 35.5. The molecule has 2 aromatic rings. The molecule has 0 aliphatic heterocycles. The molecule has 0 aliphatic rings. The van der Waals surface area contributed by atoms with Gasteiger partial charge in [-0.05, 0) is 11.4 Å². The minimum Gasteiger partial charge on any atom is -0.305 e. The molecule has 0 N–H and O–H groups in total. The van der Waals surface area contributed by atoms with E-state index in [9.17, 15) is 4.79 Å². The summed E-state index contributed by atoms with van der Waals surface area (Å²) in [5.74, 6) is 0. The highest BCUT2D eigenvalue weighted by molar-refractivity contribution is 7.13. The van der Waals surface area contributed by atoms with Gasteiger partial charge in [0.25, 0.3) is 5.56 Å². The average Bonchev–Trinajstić information content (AvgIpc) is 2.68. The van der Waals surface area contributed by atoms with Crippen LogP contribution in [0.3, 0.4) is 0 Å². The zero-order chi connectivity index (χ0) is 11.0.